The van der Waals surface area contributed by atoms with Gasteiger partial charge in [-0.15, -0.1) is 11.3 Å². The number of esters is 1. The monoisotopic (exact) mass is 697 g/mol. The number of benzene rings is 3. The minimum atomic E-state index is -0.204. The van der Waals surface area contributed by atoms with Crippen LogP contribution in [0.2, 0.25) is 0 Å². The Hall–Kier alpha value is -3.68. The van der Waals surface area contributed by atoms with Crippen molar-refractivity contribution in [2.75, 3.05) is 26.2 Å². The Bertz CT molecular complexity index is 1640. The van der Waals surface area contributed by atoms with E-state index in [9.17, 15) is 14.7 Å². The average Bonchev–Trinajstić information content (AvgIpc) is 3.51. The van der Waals surface area contributed by atoms with Crippen LogP contribution in [0.3, 0.4) is 0 Å². The van der Waals surface area contributed by atoms with Gasteiger partial charge in [0.2, 0.25) is 0 Å². The fourth-order valence-electron chi connectivity index (χ4n) is 7.01. The lowest BCUT2D eigenvalue weighted by molar-refractivity contribution is -0.134. The van der Waals surface area contributed by atoms with Crippen molar-refractivity contribution in [3.63, 3.8) is 0 Å². The number of nitrogens with zero attached hydrogens (tertiary/aromatic N) is 1. The highest BCUT2D eigenvalue weighted by Gasteiger charge is 2.22. The first kappa shape index (κ1) is 37.6. The molecule has 1 fully saturated rings. The van der Waals surface area contributed by atoms with Crippen LogP contribution in [0.15, 0.2) is 66.7 Å². The van der Waals surface area contributed by atoms with Crippen LogP contribution in [0.25, 0.3) is 20.5 Å². The molecule has 0 radical (unpaired) electrons. The van der Waals surface area contributed by atoms with Gasteiger partial charge in [0.1, 0.15) is 23.9 Å². The first-order chi connectivity index (χ1) is 24.4. The first-order valence-electron chi connectivity index (χ1n) is 19.0. The zero-order valence-electron chi connectivity index (χ0n) is 30.1. The normalized spacial score (nSPS) is 14.1. The second-order valence-corrected chi connectivity index (χ2v) is 14.9. The maximum Gasteiger partial charge on any atom is 0.311 e. The maximum absolute atomic E-state index is 14.1. The number of aromatic hydroxyl groups is 1. The molecule has 1 aliphatic rings. The molecule has 6 nitrogen and oxygen atoms in total. The van der Waals surface area contributed by atoms with E-state index in [0.29, 0.717) is 35.8 Å². The molecule has 1 N–H and O–H groups in total. The lowest BCUT2D eigenvalue weighted by Crippen LogP contribution is -2.33. The molecule has 0 spiro atoms. The van der Waals surface area contributed by atoms with Crippen LogP contribution in [-0.4, -0.2) is 48.0 Å². The van der Waals surface area contributed by atoms with E-state index in [-0.39, 0.29) is 17.5 Å². The van der Waals surface area contributed by atoms with E-state index in [4.69, 9.17) is 9.47 Å². The standard InChI is InChI=1S/C43H55NO5S/c1-3-5-7-9-14-32(13-6-4-2)15-12-16-40(46)49-37-24-19-34(20-25-37)43-41(38-26-21-35(45)31-39(38)50-43)42(47)33-17-22-36(23-18-33)48-30-29-44-27-10-8-11-28-44/h17-26,31-32,45H,3-16,27-30H2,1-2H3. The lowest BCUT2D eigenvalue weighted by Gasteiger charge is -2.26. The number of ketones is 1. The summed E-state index contributed by atoms with van der Waals surface area (Å²) in [5, 5.41) is 11.0. The van der Waals surface area contributed by atoms with E-state index in [1.165, 1.54) is 82.0 Å². The van der Waals surface area contributed by atoms with Crippen LogP contribution >= 0.6 is 11.3 Å². The Morgan fingerprint density at radius 1 is 0.800 bits per heavy atom. The van der Waals surface area contributed by atoms with Crippen LogP contribution in [0.5, 0.6) is 17.2 Å². The van der Waals surface area contributed by atoms with E-state index < -0.39 is 0 Å². The van der Waals surface area contributed by atoms with Gasteiger partial charge in [-0.25, -0.2) is 0 Å². The van der Waals surface area contributed by atoms with Crippen molar-refractivity contribution in [1.29, 1.82) is 0 Å². The topological polar surface area (TPSA) is 76.1 Å². The Morgan fingerprint density at radius 3 is 2.24 bits per heavy atom. The molecule has 1 aromatic heterocycles. The van der Waals surface area contributed by atoms with Crippen molar-refractivity contribution in [3.8, 4) is 27.7 Å². The number of fused-ring (bicyclic) bond motifs is 1. The summed E-state index contributed by atoms with van der Waals surface area (Å²) in [7, 11) is 0. The molecule has 1 aliphatic heterocycles. The smallest absolute Gasteiger partial charge is 0.311 e. The van der Waals surface area contributed by atoms with Gasteiger partial charge < -0.3 is 14.6 Å². The molecule has 4 aromatic rings. The van der Waals surface area contributed by atoms with Gasteiger partial charge >= 0.3 is 5.97 Å². The molecule has 0 amide bonds. The third-order valence-electron chi connectivity index (χ3n) is 9.92. The number of phenolic OH excluding ortho intramolecular Hbond substituents is 1. The van der Waals surface area contributed by atoms with Crippen LogP contribution in [-0.2, 0) is 4.79 Å². The SMILES string of the molecule is CCCCCCC(CCCC)CCCC(=O)Oc1ccc(-c2sc3cc(O)ccc3c2C(=O)c2ccc(OCCN3CCCCC3)cc2)cc1. The summed E-state index contributed by atoms with van der Waals surface area (Å²) in [6, 6.07) is 19.9. The zero-order valence-corrected chi connectivity index (χ0v) is 30.9. The molecule has 0 saturated carbocycles. The van der Waals surface area contributed by atoms with Crippen LogP contribution in [0, 0.1) is 5.92 Å². The molecular weight excluding hydrogens is 643 g/mol. The van der Waals surface area contributed by atoms with Crippen molar-refractivity contribution in [2.45, 2.75) is 104 Å². The highest BCUT2D eigenvalue weighted by molar-refractivity contribution is 7.22. The molecule has 2 heterocycles. The first-order valence-corrected chi connectivity index (χ1v) is 19.8. The van der Waals surface area contributed by atoms with E-state index in [1.807, 2.05) is 42.5 Å². The molecule has 0 bridgehead atoms. The van der Waals surface area contributed by atoms with Crippen molar-refractivity contribution < 1.29 is 24.2 Å². The number of ether oxygens (including phenoxy) is 2. The number of rotatable bonds is 20. The van der Waals surface area contributed by atoms with E-state index in [2.05, 4.69) is 18.7 Å². The summed E-state index contributed by atoms with van der Waals surface area (Å²) >= 11 is 1.47. The fourth-order valence-corrected chi connectivity index (χ4v) is 8.25. The molecule has 5 rings (SSSR count). The second-order valence-electron chi connectivity index (χ2n) is 13.8. The highest BCUT2D eigenvalue weighted by Crippen LogP contribution is 2.41. The summed E-state index contributed by atoms with van der Waals surface area (Å²) in [4.78, 5) is 30.1. The predicted octanol–water partition coefficient (Wildman–Crippen LogP) is 11.2. The zero-order chi connectivity index (χ0) is 35.1. The van der Waals surface area contributed by atoms with Gasteiger partial charge in [-0.2, -0.15) is 0 Å². The molecule has 1 atom stereocenters. The number of phenols is 1. The number of thiophene rings is 1. The van der Waals surface area contributed by atoms with Crippen molar-refractivity contribution in [2.24, 2.45) is 5.92 Å². The van der Waals surface area contributed by atoms with E-state index >= 15 is 0 Å². The minimum absolute atomic E-state index is 0.0880. The molecule has 50 heavy (non-hydrogen) atoms. The second kappa shape index (κ2) is 19.6. The van der Waals surface area contributed by atoms with Crippen LogP contribution < -0.4 is 9.47 Å². The van der Waals surface area contributed by atoms with Crippen molar-refractivity contribution in [3.05, 3.63) is 77.9 Å². The van der Waals surface area contributed by atoms with Gasteiger partial charge in [0.15, 0.2) is 5.78 Å². The number of hydrogen-bond donors (Lipinski definition) is 1. The number of unbranched alkanes of at least 4 members (excludes halogenated alkanes) is 4. The largest absolute Gasteiger partial charge is 0.508 e. The number of carbonyl (C=O) groups excluding carboxylic acids is 2. The van der Waals surface area contributed by atoms with Crippen LogP contribution in [0.1, 0.15) is 120 Å². The Balaban J connectivity index is 1.21. The summed E-state index contributed by atoms with van der Waals surface area (Å²) in [6.07, 6.45) is 16.3. The molecular formula is C43H55NO5S. The molecule has 7 heteroatoms. The van der Waals surface area contributed by atoms with Gasteiger partial charge in [-0.1, -0.05) is 71.6 Å². The molecule has 1 saturated heterocycles. The van der Waals surface area contributed by atoms with Crippen LogP contribution in [0.4, 0.5) is 0 Å². The summed E-state index contributed by atoms with van der Waals surface area (Å²) in [5.74, 6) is 1.82. The maximum atomic E-state index is 14.1. The third-order valence-corrected chi connectivity index (χ3v) is 11.1. The number of piperidine rings is 1. The predicted molar refractivity (Wildman–Crippen MR) is 206 cm³/mol. The minimum Gasteiger partial charge on any atom is -0.508 e. The summed E-state index contributed by atoms with van der Waals surface area (Å²) in [6.45, 7) is 8.30. The van der Waals surface area contributed by atoms with E-state index in [0.717, 1.165) is 58.8 Å². The lowest BCUT2D eigenvalue weighted by atomic mass is 9.90. The quantitative estimate of drug-likeness (QED) is 0.0429. The number of likely N-dealkylation sites (tertiary alicyclic amines) is 1. The van der Waals surface area contributed by atoms with E-state index in [1.54, 1.807) is 24.3 Å². The highest BCUT2D eigenvalue weighted by atomic mass is 32.1. The average molecular weight is 698 g/mol. The molecule has 0 aliphatic carbocycles. The third kappa shape index (κ3) is 10.9. The van der Waals surface area contributed by atoms with Gasteiger partial charge in [0, 0.05) is 39.1 Å². The van der Waals surface area contributed by atoms with Crippen molar-refractivity contribution in [1.82, 2.24) is 4.90 Å². The van der Waals surface area contributed by atoms with Crippen molar-refractivity contribution >= 4 is 33.2 Å². The molecule has 1 unspecified atom stereocenters. The molecule has 268 valence electrons. The molecule has 3 aromatic carbocycles. The number of hydrogen-bond acceptors (Lipinski definition) is 7. The summed E-state index contributed by atoms with van der Waals surface area (Å²) in [5.41, 5.74) is 2.03. The van der Waals surface area contributed by atoms with Gasteiger partial charge in [0.25, 0.3) is 0 Å². The number of carbonyl (C=O) groups is 2. The Morgan fingerprint density at radius 2 is 1.50 bits per heavy atom. The summed E-state index contributed by atoms with van der Waals surface area (Å²) < 4.78 is 12.6. The van der Waals surface area contributed by atoms with Gasteiger partial charge in [0.05, 0.1) is 0 Å². The Kier molecular flexibility index (Phi) is 14.8. The Labute approximate surface area is 302 Å². The van der Waals surface area contributed by atoms with Gasteiger partial charge in [-0.05, 0) is 117 Å². The fraction of sp³-hybridized carbons (Fsp3) is 0.488. The van der Waals surface area contributed by atoms with Gasteiger partial charge in [-0.3, -0.25) is 14.5 Å².